The number of aryl methyl sites for hydroxylation is 1. The minimum Gasteiger partial charge on any atom is -0.465 e. The zero-order valence-corrected chi connectivity index (χ0v) is 15.9. The lowest BCUT2D eigenvalue weighted by Crippen LogP contribution is -2.17. The van der Waals surface area contributed by atoms with Crippen molar-refractivity contribution in [1.29, 1.82) is 0 Å². The highest BCUT2D eigenvalue weighted by molar-refractivity contribution is 6.08. The molecule has 0 aliphatic carbocycles. The van der Waals surface area contributed by atoms with Gasteiger partial charge in [0.05, 0.1) is 12.7 Å². The summed E-state index contributed by atoms with van der Waals surface area (Å²) in [5.74, 6) is -1.36. The lowest BCUT2D eigenvalue weighted by atomic mass is 10.1. The molecule has 29 heavy (non-hydrogen) atoms. The van der Waals surface area contributed by atoms with Crippen molar-refractivity contribution in [2.75, 3.05) is 17.7 Å². The van der Waals surface area contributed by atoms with Crippen molar-refractivity contribution in [3.05, 3.63) is 89.2 Å². The van der Waals surface area contributed by atoms with E-state index in [4.69, 9.17) is 0 Å². The molecule has 0 aliphatic heterocycles. The zero-order chi connectivity index (χ0) is 20.8. The van der Waals surface area contributed by atoms with E-state index in [1.165, 1.54) is 31.5 Å². The summed E-state index contributed by atoms with van der Waals surface area (Å²) in [4.78, 5) is 40.7. The standard InChI is InChI=1S/C22H19N3O4/c1-14-5-3-7-17(11-14)24-20(26)15-9-10-23-19(13-15)21(27)25-18-8-4-6-16(12-18)22(28)29-2/h3-13H,1-2H3,(H,24,26)(H,25,27). The minimum atomic E-state index is -0.506. The molecule has 2 amide bonds. The lowest BCUT2D eigenvalue weighted by Gasteiger charge is -2.08. The average Bonchev–Trinajstić information content (AvgIpc) is 2.73. The molecule has 0 aliphatic rings. The number of carbonyl (C=O) groups is 3. The van der Waals surface area contributed by atoms with Crippen LogP contribution in [0.15, 0.2) is 66.9 Å². The number of ether oxygens (including phenoxy) is 1. The molecular weight excluding hydrogens is 370 g/mol. The third-order valence-electron chi connectivity index (χ3n) is 4.07. The lowest BCUT2D eigenvalue weighted by molar-refractivity contribution is 0.0600. The van der Waals surface area contributed by atoms with Crippen LogP contribution in [-0.2, 0) is 4.74 Å². The molecule has 1 heterocycles. The molecular formula is C22H19N3O4. The summed E-state index contributed by atoms with van der Waals surface area (Å²) in [7, 11) is 1.28. The number of aromatic nitrogens is 1. The van der Waals surface area contributed by atoms with Gasteiger partial charge < -0.3 is 15.4 Å². The number of hydrogen-bond donors (Lipinski definition) is 2. The first-order valence-electron chi connectivity index (χ1n) is 8.80. The van der Waals surface area contributed by atoms with Gasteiger partial charge in [-0.1, -0.05) is 18.2 Å². The van der Waals surface area contributed by atoms with Crippen molar-refractivity contribution in [3.8, 4) is 0 Å². The molecule has 2 aromatic carbocycles. The highest BCUT2D eigenvalue weighted by atomic mass is 16.5. The van der Waals surface area contributed by atoms with Gasteiger partial charge in [0, 0.05) is 23.1 Å². The molecule has 0 saturated heterocycles. The molecule has 3 rings (SSSR count). The summed E-state index contributed by atoms with van der Waals surface area (Å²) in [5, 5.41) is 5.45. The quantitative estimate of drug-likeness (QED) is 0.649. The van der Waals surface area contributed by atoms with Gasteiger partial charge in [-0.15, -0.1) is 0 Å². The Balaban J connectivity index is 1.74. The summed E-state index contributed by atoms with van der Waals surface area (Å²) in [6.07, 6.45) is 1.39. The number of amides is 2. The minimum absolute atomic E-state index is 0.0744. The predicted molar refractivity (Wildman–Crippen MR) is 109 cm³/mol. The van der Waals surface area contributed by atoms with E-state index in [0.717, 1.165) is 5.56 Å². The first kappa shape index (κ1) is 19.8. The number of pyridine rings is 1. The molecule has 0 saturated carbocycles. The number of esters is 1. The number of rotatable bonds is 5. The fourth-order valence-corrected chi connectivity index (χ4v) is 2.66. The molecule has 3 aromatic rings. The monoisotopic (exact) mass is 389 g/mol. The molecule has 0 fully saturated rings. The molecule has 0 unspecified atom stereocenters. The number of hydrogen-bond acceptors (Lipinski definition) is 5. The molecule has 0 atom stereocenters. The Labute approximate surface area is 167 Å². The Kier molecular flexibility index (Phi) is 5.99. The Morgan fingerprint density at radius 2 is 1.52 bits per heavy atom. The topological polar surface area (TPSA) is 97.4 Å². The number of anilines is 2. The van der Waals surface area contributed by atoms with E-state index in [1.807, 2.05) is 25.1 Å². The first-order valence-corrected chi connectivity index (χ1v) is 8.80. The Bertz CT molecular complexity index is 1080. The molecule has 0 radical (unpaired) electrons. The van der Waals surface area contributed by atoms with Gasteiger partial charge in [0.1, 0.15) is 5.69 Å². The first-order chi connectivity index (χ1) is 14.0. The Morgan fingerprint density at radius 3 is 2.24 bits per heavy atom. The summed E-state index contributed by atoms with van der Waals surface area (Å²) < 4.78 is 4.67. The van der Waals surface area contributed by atoms with Crippen LogP contribution in [0.1, 0.15) is 36.8 Å². The fraction of sp³-hybridized carbons (Fsp3) is 0.0909. The largest absolute Gasteiger partial charge is 0.465 e. The smallest absolute Gasteiger partial charge is 0.337 e. The van der Waals surface area contributed by atoms with Crippen molar-refractivity contribution in [2.24, 2.45) is 0 Å². The number of methoxy groups -OCH3 is 1. The second kappa shape index (κ2) is 8.79. The van der Waals surface area contributed by atoms with Crippen molar-refractivity contribution in [1.82, 2.24) is 4.98 Å². The maximum absolute atomic E-state index is 12.5. The molecule has 146 valence electrons. The van der Waals surface area contributed by atoms with Crippen LogP contribution in [0.2, 0.25) is 0 Å². The van der Waals surface area contributed by atoms with Crippen LogP contribution in [-0.4, -0.2) is 29.9 Å². The molecule has 0 bridgehead atoms. The summed E-state index contributed by atoms with van der Waals surface area (Å²) in [6, 6.07) is 16.7. The number of benzene rings is 2. The van der Waals surface area contributed by atoms with E-state index in [-0.39, 0.29) is 11.6 Å². The molecule has 7 nitrogen and oxygen atoms in total. The number of carbonyl (C=O) groups excluding carboxylic acids is 3. The second-order valence-corrected chi connectivity index (χ2v) is 6.28. The van der Waals surface area contributed by atoms with E-state index in [1.54, 1.807) is 24.3 Å². The average molecular weight is 389 g/mol. The van der Waals surface area contributed by atoms with Gasteiger partial charge in [-0.25, -0.2) is 4.79 Å². The van der Waals surface area contributed by atoms with Crippen molar-refractivity contribution < 1.29 is 19.1 Å². The van der Waals surface area contributed by atoms with E-state index in [0.29, 0.717) is 22.5 Å². The van der Waals surface area contributed by atoms with Crippen LogP contribution >= 0.6 is 0 Å². The van der Waals surface area contributed by atoms with Crippen LogP contribution in [0, 0.1) is 6.92 Å². The van der Waals surface area contributed by atoms with Gasteiger partial charge in [-0.2, -0.15) is 0 Å². The molecule has 1 aromatic heterocycles. The van der Waals surface area contributed by atoms with Crippen LogP contribution < -0.4 is 10.6 Å². The second-order valence-electron chi connectivity index (χ2n) is 6.28. The van der Waals surface area contributed by atoms with Crippen molar-refractivity contribution in [2.45, 2.75) is 6.92 Å². The molecule has 7 heteroatoms. The SMILES string of the molecule is COC(=O)c1cccc(NC(=O)c2cc(C(=O)Nc3cccc(C)c3)ccn2)c1. The van der Waals surface area contributed by atoms with Crippen molar-refractivity contribution >= 4 is 29.2 Å². The Morgan fingerprint density at radius 1 is 0.828 bits per heavy atom. The van der Waals surface area contributed by atoms with Gasteiger partial charge in [-0.3, -0.25) is 14.6 Å². The van der Waals surface area contributed by atoms with E-state index < -0.39 is 11.9 Å². The van der Waals surface area contributed by atoms with E-state index in [2.05, 4.69) is 20.4 Å². The van der Waals surface area contributed by atoms with Gasteiger partial charge in [0.2, 0.25) is 0 Å². The zero-order valence-electron chi connectivity index (χ0n) is 15.9. The van der Waals surface area contributed by atoms with E-state index >= 15 is 0 Å². The predicted octanol–water partition coefficient (Wildman–Crippen LogP) is 3.68. The van der Waals surface area contributed by atoms with Crippen LogP contribution in [0.25, 0.3) is 0 Å². The van der Waals surface area contributed by atoms with Gasteiger partial charge in [0.15, 0.2) is 0 Å². The Hall–Kier alpha value is -4.00. The third-order valence-corrected chi connectivity index (χ3v) is 4.07. The summed E-state index contributed by atoms with van der Waals surface area (Å²) in [5.41, 5.74) is 2.78. The molecule has 0 spiro atoms. The summed E-state index contributed by atoms with van der Waals surface area (Å²) >= 11 is 0. The van der Waals surface area contributed by atoms with Gasteiger partial charge in [-0.05, 0) is 55.0 Å². The van der Waals surface area contributed by atoms with Crippen LogP contribution in [0.4, 0.5) is 11.4 Å². The van der Waals surface area contributed by atoms with E-state index in [9.17, 15) is 14.4 Å². The van der Waals surface area contributed by atoms with Crippen molar-refractivity contribution in [3.63, 3.8) is 0 Å². The highest BCUT2D eigenvalue weighted by Gasteiger charge is 2.13. The normalized spacial score (nSPS) is 10.1. The third kappa shape index (κ3) is 5.04. The summed E-state index contributed by atoms with van der Waals surface area (Å²) in [6.45, 7) is 1.93. The van der Waals surface area contributed by atoms with Crippen LogP contribution in [0.5, 0.6) is 0 Å². The maximum atomic E-state index is 12.5. The molecule has 2 N–H and O–H groups in total. The van der Waals surface area contributed by atoms with Gasteiger partial charge >= 0.3 is 5.97 Å². The number of nitrogens with zero attached hydrogens (tertiary/aromatic N) is 1. The highest BCUT2D eigenvalue weighted by Crippen LogP contribution is 2.15. The maximum Gasteiger partial charge on any atom is 0.337 e. The van der Waals surface area contributed by atoms with Gasteiger partial charge in [0.25, 0.3) is 11.8 Å². The van der Waals surface area contributed by atoms with Crippen LogP contribution in [0.3, 0.4) is 0 Å². The fourth-order valence-electron chi connectivity index (χ4n) is 2.66. The number of nitrogens with one attached hydrogen (secondary N) is 2.